The van der Waals surface area contributed by atoms with E-state index in [0.29, 0.717) is 5.57 Å². The summed E-state index contributed by atoms with van der Waals surface area (Å²) in [4.78, 5) is 13.7. The number of aliphatic hydroxyl groups excluding tert-OH is 1. The van der Waals surface area contributed by atoms with Gasteiger partial charge in [-0.2, -0.15) is 10.5 Å². The SMILES string of the molecule is CSc1ccc(C2CC(O)=C3C(=O)CC(C)(C)C=C3C2(C#N)C#N)cc1. The van der Waals surface area contributed by atoms with Crippen LogP contribution in [0.4, 0.5) is 0 Å². The first kappa shape index (κ1) is 18.3. The molecule has 0 spiro atoms. The summed E-state index contributed by atoms with van der Waals surface area (Å²) in [5.41, 5.74) is -0.598. The maximum Gasteiger partial charge on any atom is 0.176 e. The van der Waals surface area contributed by atoms with Crippen LogP contribution in [0.3, 0.4) is 0 Å². The summed E-state index contributed by atoms with van der Waals surface area (Å²) in [5.74, 6) is -0.738. The zero-order valence-corrected chi connectivity index (χ0v) is 15.9. The molecule has 2 aliphatic rings. The summed E-state index contributed by atoms with van der Waals surface area (Å²) in [6.45, 7) is 3.81. The quantitative estimate of drug-likeness (QED) is 0.771. The first-order chi connectivity index (χ1) is 12.3. The lowest BCUT2D eigenvalue weighted by molar-refractivity contribution is -0.117. The number of carbonyl (C=O) groups is 1. The molecule has 4 nitrogen and oxygen atoms in total. The second-order valence-electron chi connectivity index (χ2n) is 7.53. The van der Waals surface area contributed by atoms with Crippen LogP contribution in [0.5, 0.6) is 0 Å². The van der Waals surface area contributed by atoms with Crippen LogP contribution < -0.4 is 0 Å². The molecule has 3 rings (SSSR count). The number of rotatable bonds is 2. The summed E-state index contributed by atoms with van der Waals surface area (Å²) in [6, 6.07) is 12.1. The molecule has 0 aromatic heterocycles. The van der Waals surface area contributed by atoms with E-state index in [1.165, 1.54) is 0 Å². The highest BCUT2D eigenvalue weighted by atomic mass is 32.2. The standard InChI is InChI=1S/C21H20N2O2S/c1-20(2)9-16-19(18(25)10-20)17(24)8-15(21(16,11-22)12-23)13-4-6-14(26-3)7-5-13/h4-7,9,15,24H,8,10H2,1-3H3. The summed E-state index contributed by atoms with van der Waals surface area (Å²) in [5, 5.41) is 30.6. The summed E-state index contributed by atoms with van der Waals surface area (Å²) < 4.78 is 0. The topological polar surface area (TPSA) is 84.9 Å². The molecular weight excluding hydrogens is 344 g/mol. The number of aliphatic hydroxyl groups is 1. The van der Waals surface area contributed by atoms with Gasteiger partial charge in [0.2, 0.25) is 0 Å². The first-order valence-corrected chi connectivity index (χ1v) is 9.66. The number of benzene rings is 1. The normalized spacial score (nSPS) is 23.5. The molecule has 132 valence electrons. The summed E-state index contributed by atoms with van der Waals surface area (Å²) in [6.07, 6.45) is 4.18. The van der Waals surface area contributed by atoms with E-state index in [4.69, 9.17) is 0 Å². The van der Waals surface area contributed by atoms with Gasteiger partial charge >= 0.3 is 0 Å². The van der Waals surface area contributed by atoms with Crippen LogP contribution in [0, 0.1) is 33.5 Å². The Hall–Kier alpha value is -2.50. The number of hydrogen-bond acceptors (Lipinski definition) is 5. The Labute approximate surface area is 157 Å². The van der Waals surface area contributed by atoms with Gasteiger partial charge in [-0.25, -0.2) is 0 Å². The second-order valence-corrected chi connectivity index (χ2v) is 8.41. The van der Waals surface area contributed by atoms with Crippen LogP contribution in [0.25, 0.3) is 0 Å². The number of hydrogen-bond donors (Lipinski definition) is 1. The van der Waals surface area contributed by atoms with Gasteiger partial charge in [-0.15, -0.1) is 11.8 Å². The van der Waals surface area contributed by atoms with E-state index in [1.807, 2.05) is 50.4 Å². The number of carbonyl (C=O) groups excluding carboxylic acids is 1. The van der Waals surface area contributed by atoms with E-state index in [-0.39, 0.29) is 30.0 Å². The van der Waals surface area contributed by atoms with Crippen molar-refractivity contribution in [3.05, 3.63) is 52.8 Å². The van der Waals surface area contributed by atoms with Crippen molar-refractivity contribution in [2.24, 2.45) is 10.8 Å². The predicted molar refractivity (Wildman–Crippen MR) is 100 cm³/mol. The second kappa shape index (κ2) is 6.34. The molecule has 1 unspecified atom stereocenters. The molecule has 0 bridgehead atoms. The minimum Gasteiger partial charge on any atom is -0.512 e. The Morgan fingerprint density at radius 3 is 2.35 bits per heavy atom. The molecule has 1 aromatic rings. The van der Waals surface area contributed by atoms with Crippen molar-refractivity contribution in [3.63, 3.8) is 0 Å². The number of thioether (sulfide) groups is 1. The van der Waals surface area contributed by atoms with Crippen LogP contribution in [-0.4, -0.2) is 17.1 Å². The van der Waals surface area contributed by atoms with Crippen molar-refractivity contribution in [2.45, 2.75) is 37.5 Å². The van der Waals surface area contributed by atoms with Crippen LogP contribution in [0.2, 0.25) is 0 Å². The van der Waals surface area contributed by atoms with Gasteiger partial charge in [0.25, 0.3) is 0 Å². The van der Waals surface area contributed by atoms with E-state index in [9.17, 15) is 20.4 Å². The Morgan fingerprint density at radius 1 is 1.19 bits per heavy atom. The number of allylic oxidation sites excluding steroid dienone is 4. The molecule has 0 radical (unpaired) electrons. The van der Waals surface area contributed by atoms with Crippen molar-refractivity contribution < 1.29 is 9.90 Å². The van der Waals surface area contributed by atoms with Gasteiger partial charge < -0.3 is 5.11 Å². The van der Waals surface area contributed by atoms with Crippen molar-refractivity contribution in [3.8, 4) is 12.1 Å². The van der Waals surface area contributed by atoms with E-state index in [2.05, 4.69) is 12.1 Å². The molecule has 0 heterocycles. The number of Topliss-reactive ketones (excluding diaryl/α,β-unsaturated/α-hetero) is 1. The molecule has 1 aromatic carbocycles. The van der Waals surface area contributed by atoms with Gasteiger partial charge in [0.15, 0.2) is 11.2 Å². The summed E-state index contributed by atoms with van der Waals surface area (Å²) >= 11 is 1.61. The van der Waals surface area contributed by atoms with Crippen LogP contribution in [-0.2, 0) is 4.79 Å². The number of ketones is 1. The monoisotopic (exact) mass is 364 g/mol. The third-order valence-electron chi connectivity index (χ3n) is 5.20. The van der Waals surface area contributed by atoms with Crippen molar-refractivity contribution in [2.75, 3.05) is 6.26 Å². The van der Waals surface area contributed by atoms with Gasteiger partial charge in [-0.1, -0.05) is 32.1 Å². The van der Waals surface area contributed by atoms with Gasteiger partial charge in [0, 0.05) is 23.7 Å². The Balaban J connectivity index is 2.24. The molecular formula is C21H20N2O2S. The van der Waals surface area contributed by atoms with Gasteiger partial charge in [0.1, 0.15) is 5.76 Å². The zero-order valence-electron chi connectivity index (χ0n) is 15.0. The lowest BCUT2D eigenvalue weighted by Gasteiger charge is -2.41. The minimum absolute atomic E-state index is 0.0168. The Bertz CT molecular complexity index is 897. The van der Waals surface area contributed by atoms with Crippen LogP contribution in [0.1, 0.15) is 38.2 Å². The number of nitrogens with zero attached hydrogens (tertiary/aromatic N) is 2. The van der Waals surface area contributed by atoms with Crippen molar-refractivity contribution >= 4 is 17.5 Å². The fraction of sp³-hybridized carbons (Fsp3) is 0.381. The van der Waals surface area contributed by atoms with Gasteiger partial charge in [-0.3, -0.25) is 4.79 Å². The van der Waals surface area contributed by atoms with Crippen LogP contribution in [0.15, 0.2) is 52.1 Å². The number of fused-ring (bicyclic) bond motifs is 1. The molecule has 26 heavy (non-hydrogen) atoms. The first-order valence-electron chi connectivity index (χ1n) is 8.43. The highest BCUT2D eigenvalue weighted by Crippen LogP contribution is 2.55. The van der Waals surface area contributed by atoms with E-state index in [1.54, 1.807) is 11.8 Å². The highest BCUT2D eigenvalue weighted by molar-refractivity contribution is 7.98. The molecule has 1 N–H and O–H groups in total. The van der Waals surface area contributed by atoms with Gasteiger partial charge in [0.05, 0.1) is 17.7 Å². The smallest absolute Gasteiger partial charge is 0.176 e. The largest absolute Gasteiger partial charge is 0.512 e. The average Bonchev–Trinajstić information content (AvgIpc) is 2.60. The average molecular weight is 364 g/mol. The lowest BCUT2D eigenvalue weighted by Crippen LogP contribution is -2.39. The van der Waals surface area contributed by atoms with Crippen molar-refractivity contribution in [1.82, 2.24) is 0 Å². The van der Waals surface area contributed by atoms with E-state index in [0.717, 1.165) is 10.5 Å². The Kier molecular flexibility index (Phi) is 4.46. The molecule has 2 aliphatic carbocycles. The van der Waals surface area contributed by atoms with E-state index < -0.39 is 16.7 Å². The molecule has 0 amide bonds. The third-order valence-corrected chi connectivity index (χ3v) is 5.95. The molecule has 0 saturated heterocycles. The predicted octanol–water partition coefficient (Wildman–Crippen LogP) is 4.67. The maximum atomic E-state index is 12.6. The van der Waals surface area contributed by atoms with Crippen LogP contribution >= 0.6 is 11.8 Å². The molecule has 5 heteroatoms. The molecule has 0 fully saturated rings. The lowest BCUT2D eigenvalue weighted by atomic mass is 9.58. The Morgan fingerprint density at radius 2 is 1.81 bits per heavy atom. The number of nitriles is 2. The van der Waals surface area contributed by atoms with Crippen molar-refractivity contribution in [1.29, 1.82) is 10.5 Å². The maximum absolute atomic E-state index is 12.6. The zero-order chi connectivity index (χ0) is 19.1. The van der Waals surface area contributed by atoms with Gasteiger partial charge in [-0.05, 0) is 34.9 Å². The fourth-order valence-electron chi connectivity index (χ4n) is 3.94. The van der Waals surface area contributed by atoms with E-state index >= 15 is 0 Å². The summed E-state index contributed by atoms with van der Waals surface area (Å²) in [7, 11) is 0. The molecule has 1 atom stereocenters. The third kappa shape index (κ3) is 2.73. The minimum atomic E-state index is -1.49. The molecule has 0 aliphatic heterocycles. The molecule has 0 saturated carbocycles. The highest BCUT2D eigenvalue weighted by Gasteiger charge is 2.53. The fourth-order valence-corrected chi connectivity index (χ4v) is 4.34.